The number of aromatic nitrogens is 1. The Hall–Kier alpha value is -2.33. The molecule has 0 fully saturated rings. The molecule has 1 aromatic heterocycles. The summed E-state index contributed by atoms with van der Waals surface area (Å²) in [6.07, 6.45) is 1.78. The fourth-order valence-corrected chi connectivity index (χ4v) is 4.00. The van der Waals surface area contributed by atoms with Crippen LogP contribution in [0, 0.1) is 0 Å². The van der Waals surface area contributed by atoms with Crippen LogP contribution in [0.15, 0.2) is 65.7 Å². The van der Waals surface area contributed by atoms with Crippen LogP contribution in [-0.4, -0.2) is 15.6 Å². The molecule has 1 amide bonds. The van der Waals surface area contributed by atoms with E-state index in [4.69, 9.17) is 0 Å². The number of hydrogen-bond donors (Lipinski definition) is 0. The van der Waals surface area contributed by atoms with Gasteiger partial charge in [0.2, 0.25) is 5.91 Å². The number of nitrogens with zero attached hydrogens (tertiary/aromatic N) is 2. The van der Waals surface area contributed by atoms with Crippen LogP contribution in [0.5, 0.6) is 0 Å². The molecule has 0 unspecified atom stereocenters. The summed E-state index contributed by atoms with van der Waals surface area (Å²) >= 11 is 1.61. The van der Waals surface area contributed by atoms with E-state index >= 15 is 0 Å². The van der Waals surface area contributed by atoms with Crippen molar-refractivity contribution in [3.05, 3.63) is 60.8 Å². The van der Waals surface area contributed by atoms with Crippen molar-refractivity contribution < 1.29 is 4.79 Å². The van der Waals surface area contributed by atoms with Gasteiger partial charge in [-0.15, -0.1) is 11.8 Å². The summed E-state index contributed by atoms with van der Waals surface area (Å²) in [5, 5.41) is 1.03. The van der Waals surface area contributed by atoms with Crippen LogP contribution in [0.3, 0.4) is 0 Å². The average molecular weight is 320 g/mol. The third-order valence-electron chi connectivity index (χ3n) is 4.02. The summed E-state index contributed by atoms with van der Waals surface area (Å²) in [5.41, 5.74) is 2.68. The maximum atomic E-state index is 13.0. The van der Waals surface area contributed by atoms with E-state index in [2.05, 4.69) is 11.1 Å². The number of carbonyl (C=O) groups excluding carboxylic acids is 1. The summed E-state index contributed by atoms with van der Waals surface area (Å²) in [6.45, 7) is 3.94. The molecular formula is C19H16N2OS. The van der Waals surface area contributed by atoms with Crippen molar-refractivity contribution in [2.75, 3.05) is 4.90 Å². The SMILES string of the molecule is CC1(C)Sc2ccccc2N(c2cnc3ccccc3c2)C1=O. The first-order valence-electron chi connectivity index (χ1n) is 7.54. The molecule has 1 aliphatic rings. The number of rotatable bonds is 1. The minimum Gasteiger partial charge on any atom is -0.277 e. The molecule has 3 aromatic rings. The van der Waals surface area contributed by atoms with Gasteiger partial charge in [0.15, 0.2) is 0 Å². The smallest absolute Gasteiger partial charge is 0.247 e. The predicted molar refractivity (Wildman–Crippen MR) is 95.3 cm³/mol. The Morgan fingerprint density at radius 1 is 1.04 bits per heavy atom. The minimum absolute atomic E-state index is 0.0817. The van der Waals surface area contributed by atoms with Crippen molar-refractivity contribution in [3.63, 3.8) is 0 Å². The van der Waals surface area contributed by atoms with Gasteiger partial charge in [0, 0.05) is 10.3 Å². The molecule has 0 radical (unpaired) electrons. The highest BCUT2D eigenvalue weighted by molar-refractivity contribution is 8.01. The molecule has 3 nitrogen and oxygen atoms in total. The lowest BCUT2D eigenvalue weighted by atomic mass is 10.1. The monoisotopic (exact) mass is 320 g/mol. The van der Waals surface area contributed by atoms with Crippen molar-refractivity contribution in [2.45, 2.75) is 23.5 Å². The third-order valence-corrected chi connectivity index (χ3v) is 5.27. The summed E-state index contributed by atoms with van der Waals surface area (Å²) in [6, 6.07) is 18.0. The first kappa shape index (κ1) is 14.3. The molecule has 2 aromatic carbocycles. The van der Waals surface area contributed by atoms with Crippen LogP contribution in [-0.2, 0) is 4.79 Å². The summed E-state index contributed by atoms with van der Waals surface area (Å²) in [5.74, 6) is 0.0817. The largest absolute Gasteiger partial charge is 0.277 e. The van der Waals surface area contributed by atoms with E-state index in [9.17, 15) is 4.79 Å². The fourth-order valence-electron chi connectivity index (χ4n) is 2.86. The molecule has 0 spiro atoms. The first-order chi connectivity index (χ1) is 11.1. The molecule has 4 rings (SSSR count). The molecule has 0 atom stereocenters. The second kappa shape index (κ2) is 5.10. The Morgan fingerprint density at radius 3 is 2.65 bits per heavy atom. The Bertz CT molecular complexity index is 920. The number of benzene rings is 2. The molecule has 23 heavy (non-hydrogen) atoms. The molecule has 4 heteroatoms. The highest BCUT2D eigenvalue weighted by atomic mass is 32.2. The second-order valence-electron chi connectivity index (χ2n) is 6.11. The summed E-state index contributed by atoms with van der Waals surface area (Å²) in [7, 11) is 0. The van der Waals surface area contributed by atoms with Crippen LogP contribution >= 0.6 is 11.8 Å². The van der Waals surface area contributed by atoms with E-state index < -0.39 is 4.75 Å². The average Bonchev–Trinajstić information content (AvgIpc) is 2.55. The van der Waals surface area contributed by atoms with Crippen molar-refractivity contribution in [2.24, 2.45) is 0 Å². The normalized spacial score (nSPS) is 16.4. The highest BCUT2D eigenvalue weighted by Crippen LogP contribution is 2.47. The van der Waals surface area contributed by atoms with Gasteiger partial charge in [-0.05, 0) is 38.1 Å². The highest BCUT2D eigenvalue weighted by Gasteiger charge is 2.40. The van der Waals surface area contributed by atoms with E-state index in [1.165, 1.54) is 0 Å². The standard InChI is InChI=1S/C19H16N2OS/c1-19(2)18(22)21(16-9-5-6-10-17(16)23-19)14-11-13-7-3-4-8-15(13)20-12-14/h3-12H,1-2H3. The summed E-state index contributed by atoms with van der Waals surface area (Å²) in [4.78, 5) is 20.4. The fraction of sp³-hybridized carbons (Fsp3) is 0.158. The molecule has 0 N–H and O–H groups in total. The Morgan fingerprint density at radius 2 is 1.78 bits per heavy atom. The minimum atomic E-state index is -0.500. The molecule has 114 valence electrons. The molecular weight excluding hydrogens is 304 g/mol. The number of hydrogen-bond acceptors (Lipinski definition) is 3. The quantitative estimate of drug-likeness (QED) is 0.646. The van der Waals surface area contributed by atoms with Gasteiger partial charge >= 0.3 is 0 Å². The number of amides is 1. The lowest BCUT2D eigenvalue weighted by Crippen LogP contribution is -2.43. The van der Waals surface area contributed by atoms with E-state index in [0.717, 1.165) is 27.2 Å². The van der Waals surface area contributed by atoms with Gasteiger partial charge in [0.05, 0.1) is 27.8 Å². The lowest BCUT2D eigenvalue weighted by Gasteiger charge is -2.37. The molecule has 1 aliphatic heterocycles. The molecule has 0 aliphatic carbocycles. The van der Waals surface area contributed by atoms with Crippen molar-refractivity contribution >= 4 is 39.9 Å². The Balaban J connectivity index is 1.92. The van der Waals surface area contributed by atoms with Crippen molar-refractivity contribution in [1.29, 1.82) is 0 Å². The van der Waals surface area contributed by atoms with Gasteiger partial charge in [0.25, 0.3) is 0 Å². The van der Waals surface area contributed by atoms with Gasteiger partial charge in [-0.1, -0.05) is 30.3 Å². The van der Waals surface area contributed by atoms with Crippen LogP contribution in [0.4, 0.5) is 11.4 Å². The van der Waals surface area contributed by atoms with Gasteiger partial charge < -0.3 is 0 Å². The van der Waals surface area contributed by atoms with Gasteiger partial charge in [0.1, 0.15) is 0 Å². The van der Waals surface area contributed by atoms with Crippen LogP contribution < -0.4 is 4.90 Å². The maximum absolute atomic E-state index is 13.0. The van der Waals surface area contributed by atoms with Crippen molar-refractivity contribution in [1.82, 2.24) is 4.98 Å². The molecule has 0 saturated carbocycles. The number of para-hydroxylation sites is 2. The van der Waals surface area contributed by atoms with E-state index in [1.54, 1.807) is 22.9 Å². The van der Waals surface area contributed by atoms with Crippen molar-refractivity contribution in [3.8, 4) is 0 Å². The Labute approximate surface area is 139 Å². The zero-order valence-electron chi connectivity index (χ0n) is 13.0. The van der Waals surface area contributed by atoms with Crippen LogP contribution in [0.1, 0.15) is 13.8 Å². The Kier molecular flexibility index (Phi) is 3.16. The maximum Gasteiger partial charge on any atom is 0.247 e. The number of pyridine rings is 1. The van der Waals surface area contributed by atoms with Gasteiger partial charge in [-0.2, -0.15) is 0 Å². The third kappa shape index (κ3) is 2.30. The number of thioether (sulfide) groups is 1. The second-order valence-corrected chi connectivity index (χ2v) is 7.77. The number of fused-ring (bicyclic) bond motifs is 2. The zero-order chi connectivity index (χ0) is 16.0. The van der Waals surface area contributed by atoms with Crippen LogP contribution in [0.25, 0.3) is 10.9 Å². The summed E-state index contributed by atoms with van der Waals surface area (Å²) < 4.78 is -0.500. The molecule has 2 heterocycles. The number of anilines is 2. The van der Waals surface area contributed by atoms with Gasteiger partial charge in [-0.25, -0.2) is 0 Å². The molecule has 0 saturated heterocycles. The number of carbonyl (C=O) groups is 1. The first-order valence-corrected chi connectivity index (χ1v) is 8.35. The van der Waals surface area contributed by atoms with E-state index in [0.29, 0.717) is 0 Å². The topological polar surface area (TPSA) is 33.2 Å². The van der Waals surface area contributed by atoms with Crippen LogP contribution in [0.2, 0.25) is 0 Å². The van der Waals surface area contributed by atoms with Gasteiger partial charge in [-0.3, -0.25) is 14.7 Å². The lowest BCUT2D eigenvalue weighted by molar-refractivity contribution is -0.119. The zero-order valence-corrected chi connectivity index (χ0v) is 13.8. The van der Waals surface area contributed by atoms with E-state index in [1.807, 2.05) is 62.4 Å². The molecule has 0 bridgehead atoms. The predicted octanol–water partition coefficient (Wildman–Crippen LogP) is 4.78. The van der Waals surface area contributed by atoms with E-state index in [-0.39, 0.29) is 5.91 Å².